The molecular formula is C12H19N3O3. The van der Waals surface area contributed by atoms with Gasteiger partial charge < -0.3 is 20.3 Å². The lowest BCUT2D eigenvalue weighted by Crippen LogP contribution is -2.34. The summed E-state index contributed by atoms with van der Waals surface area (Å²) in [6.07, 6.45) is 2.95. The largest absolute Gasteiger partial charge is 0.469 e. The number of aryl methyl sites for hydroxylation is 1. The van der Waals surface area contributed by atoms with E-state index in [2.05, 4.69) is 5.16 Å². The van der Waals surface area contributed by atoms with Gasteiger partial charge in [-0.15, -0.1) is 0 Å². The summed E-state index contributed by atoms with van der Waals surface area (Å²) in [5.41, 5.74) is 5.37. The highest BCUT2D eigenvalue weighted by atomic mass is 16.4. The van der Waals surface area contributed by atoms with Gasteiger partial charge in [0, 0.05) is 32.4 Å². The molecule has 0 saturated heterocycles. The van der Waals surface area contributed by atoms with Crippen LogP contribution in [0.4, 0.5) is 0 Å². The topological polar surface area (TPSA) is 92.1 Å². The van der Waals surface area contributed by atoms with Crippen molar-refractivity contribution in [3.05, 3.63) is 24.2 Å². The molecule has 0 unspecified atom stereocenters. The molecule has 1 aromatic heterocycles. The van der Waals surface area contributed by atoms with Crippen LogP contribution < -0.4 is 5.73 Å². The first-order valence-electron chi connectivity index (χ1n) is 5.94. The molecule has 0 aliphatic rings. The Morgan fingerprint density at radius 2 is 2.33 bits per heavy atom. The van der Waals surface area contributed by atoms with E-state index in [4.69, 9.17) is 15.4 Å². The Kier molecular flexibility index (Phi) is 5.76. The van der Waals surface area contributed by atoms with E-state index in [0.717, 1.165) is 5.76 Å². The third-order valence-electron chi connectivity index (χ3n) is 2.67. The van der Waals surface area contributed by atoms with Crippen LogP contribution in [0.25, 0.3) is 0 Å². The van der Waals surface area contributed by atoms with E-state index < -0.39 is 0 Å². The second-order valence-electron chi connectivity index (χ2n) is 3.89. The summed E-state index contributed by atoms with van der Waals surface area (Å²) in [5, 5.41) is 11.3. The van der Waals surface area contributed by atoms with Gasteiger partial charge in [-0.1, -0.05) is 5.16 Å². The summed E-state index contributed by atoms with van der Waals surface area (Å²) in [4.78, 5) is 13.6. The van der Waals surface area contributed by atoms with Gasteiger partial charge in [-0.25, -0.2) is 0 Å². The molecule has 1 rings (SSSR count). The first-order valence-corrected chi connectivity index (χ1v) is 5.94. The molecule has 0 spiro atoms. The number of nitrogens with zero attached hydrogens (tertiary/aromatic N) is 2. The van der Waals surface area contributed by atoms with Gasteiger partial charge >= 0.3 is 0 Å². The average Bonchev–Trinajstić information content (AvgIpc) is 2.89. The van der Waals surface area contributed by atoms with Gasteiger partial charge in [0.1, 0.15) is 11.6 Å². The highest BCUT2D eigenvalue weighted by Gasteiger charge is 2.12. The van der Waals surface area contributed by atoms with Crippen molar-refractivity contribution in [2.24, 2.45) is 10.9 Å². The molecule has 0 bridgehead atoms. The van der Waals surface area contributed by atoms with Crippen LogP contribution in [0, 0.1) is 0 Å². The van der Waals surface area contributed by atoms with Crippen LogP contribution in [0.15, 0.2) is 28.0 Å². The molecule has 3 N–H and O–H groups in total. The van der Waals surface area contributed by atoms with Crippen molar-refractivity contribution in [1.82, 2.24) is 4.90 Å². The van der Waals surface area contributed by atoms with E-state index in [-0.39, 0.29) is 11.7 Å². The first kappa shape index (κ1) is 14.1. The zero-order valence-electron chi connectivity index (χ0n) is 10.5. The molecule has 0 aliphatic heterocycles. The number of hydrogen-bond donors (Lipinski definition) is 2. The standard InChI is InChI=1S/C12H19N3O3/c1-2-15(8-7-11(13)14-17)12(16)6-5-10-4-3-9-18-10/h3-4,9,17H,2,5-8H2,1H3,(H2,13,14). The van der Waals surface area contributed by atoms with Crippen molar-refractivity contribution in [3.63, 3.8) is 0 Å². The normalized spacial score (nSPS) is 11.5. The highest BCUT2D eigenvalue weighted by molar-refractivity contribution is 5.81. The number of nitrogens with two attached hydrogens (primary N) is 1. The van der Waals surface area contributed by atoms with Gasteiger partial charge in [0.25, 0.3) is 0 Å². The van der Waals surface area contributed by atoms with Gasteiger partial charge in [-0.05, 0) is 19.1 Å². The Bertz CT molecular complexity index is 387. The number of hydrogen-bond acceptors (Lipinski definition) is 4. The van der Waals surface area contributed by atoms with Crippen LogP contribution in [-0.2, 0) is 11.2 Å². The molecule has 0 saturated carbocycles. The van der Waals surface area contributed by atoms with Crippen LogP contribution >= 0.6 is 0 Å². The predicted octanol–water partition coefficient (Wildman–Crippen LogP) is 1.20. The van der Waals surface area contributed by atoms with E-state index in [0.29, 0.717) is 32.4 Å². The Morgan fingerprint density at radius 1 is 1.56 bits per heavy atom. The molecule has 1 aromatic rings. The minimum atomic E-state index is 0.0413. The summed E-state index contributed by atoms with van der Waals surface area (Å²) in [7, 11) is 0. The van der Waals surface area contributed by atoms with E-state index in [1.165, 1.54) is 0 Å². The van der Waals surface area contributed by atoms with Crippen LogP contribution in [0.1, 0.15) is 25.5 Å². The fourth-order valence-electron chi connectivity index (χ4n) is 1.60. The number of carbonyl (C=O) groups is 1. The first-order chi connectivity index (χ1) is 8.67. The summed E-state index contributed by atoms with van der Waals surface area (Å²) in [6.45, 7) is 2.97. The maximum absolute atomic E-state index is 11.9. The quantitative estimate of drug-likeness (QED) is 0.330. The Labute approximate surface area is 106 Å². The van der Waals surface area contributed by atoms with Crippen molar-refractivity contribution in [2.45, 2.75) is 26.2 Å². The number of furan rings is 1. The lowest BCUT2D eigenvalue weighted by atomic mass is 10.2. The molecule has 0 radical (unpaired) electrons. The fourth-order valence-corrected chi connectivity index (χ4v) is 1.60. The van der Waals surface area contributed by atoms with Crippen molar-refractivity contribution in [1.29, 1.82) is 0 Å². The molecule has 0 atom stereocenters. The molecule has 100 valence electrons. The van der Waals surface area contributed by atoms with E-state index in [9.17, 15) is 4.79 Å². The number of oxime groups is 1. The molecule has 0 fully saturated rings. The number of rotatable bonds is 7. The molecular weight excluding hydrogens is 234 g/mol. The average molecular weight is 253 g/mol. The Balaban J connectivity index is 2.37. The highest BCUT2D eigenvalue weighted by Crippen LogP contribution is 2.06. The van der Waals surface area contributed by atoms with Gasteiger partial charge in [0.15, 0.2) is 0 Å². The molecule has 6 nitrogen and oxygen atoms in total. The third-order valence-corrected chi connectivity index (χ3v) is 2.67. The van der Waals surface area contributed by atoms with E-state index in [1.807, 2.05) is 13.0 Å². The van der Waals surface area contributed by atoms with Crippen LogP contribution in [0.2, 0.25) is 0 Å². The van der Waals surface area contributed by atoms with Crippen LogP contribution in [0.5, 0.6) is 0 Å². The minimum Gasteiger partial charge on any atom is -0.469 e. The zero-order chi connectivity index (χ0) is 13.4. The molecule has 18 heavy (non-hydrogen) atoms. The zero-order valence-corrected chi connectivity index (χ0v) is 10.5. The van der Waals surface area contributed by atoms with Gasteiger partial charge in [0.2, 0.25) is 5.91 Å². The van der Waals surface area contributed by atoms with E-state index >= 15 is 0 Å². The summed E-state index contributed by atoms with van der Waals surface area (Å²) in [6, 6.07) is 3.65. The molecule has 1 heterocycles. The van der Waals surface area contributed by atoms with Crippen molar-refractivity contribution < 1.29 is 14.4 Å². The second kappa shape index (κ2) is 7.37. The maximum atomic E-state index is 11.9. The monoisotopic (exact) mass is 253 g/mol. The number of amidine groups is 1. The van der Waals surface area contributed by atoms with E-state index in [1.54, 1.807) is 17.2 Å². The molecule has 0 aromatic carbocycles. The minimum absolute atomic E-state index is 0.0413. The summed E-state index contributed by atoms with van der Waals surface area (Å²) >= 11 is 0. The maximum Gasteiger partial charge on any atom is 0.223 e. The Morgan fingerprint density at radius 3 is 2.89 bits per heavy atom. The lowest BCUT2D eigenvalue weighted by Gasteiger charge is -2.20. The number of carbonyl (C=O) groups excluding carboxylic acids is 1. The van der Waals surface area contributed by atoms with Crippen molar-refractivity contribution in [3.8, 4) is 0 Å². The van der Waals surface area contributed by atoms with Crippen molar-refractivity contribution >= 4 is 11.7 Å². The number of amides is 1. The second-order valence-corrected chi connectivity index (χ2v) is 3.89. The fraction of sp³-hybridized carbons (Fsp3) is 0.500. The van der Waals surface area contributed by atoms with Gasteiger partial charge in [-0.3, -0.25) is 4.79 Å². The molecule has 1 amide bonds. The smallest absolute Gasteiger partial charge is 0.223 e. The summed E-state index contributed by atoms with van der Waals surface area (Å²) < 4.78 is 5.17. The van der Waals surface area contributed by atoms with Gasteiger partial charge in [-0.2, -0.15) is 0 Å². The third kappa shape index (κ3) is 4.48. The lowest BCUT2D eigenvalue weighted by molar-refractivity contribution is -0.130. The summed E-state index contributed by atoms with van der Waals surface area (Å²) in [5.74, 6) is 0.975. The SMILES string of the molecule is CCN(CC/C(N)=N/O)C(=O)CCc1ccco1. The molecule has 6 heteroatoms. The van der Waals surface area contributed by atoms with Gasteiger partial charge in [0.05, 0.1) is 6.26 Å². The van der Waals surface area contributed by atoms with Crippen LogP contribution in [0.3, 0.4) is 0 Å². The van der Waals surface area contributed by atoms with Crippen LogP contribution in [-0.4, -0.2) is 34.9 Å². The van der Waals surface area contributed by atoms with Crippen molar-refractivity contribution in [2.75, 3.05) is 13.1 Å². The molecule has 0 aliphatic carbocycles. The predicted molar refractivity (Wildman–Crippen MR) is 67.3 cm³/mol. The Hall–Kier alpha value is -1.98.